The number of nitrogens with zero attached hydrogens (tertiary/aromatic N) is 1. The van der Waals surface area contributed by atoms with Gasteiger partial charge in [0.05, 0.1) is 6.04 Å². The highest BCUT2D eigenvalue weighted by Gasteiger charge is 2.38. The number of carbonyl (C=O) groups is 3. The van der Waals surface area contributed by atoms with E-state index in [4.69, 9.17) is 18.9 Å². The fourth-order valence-electron chi connectivity index (χ4n) is 3.71. The molecule has 8 heteroatoms. The molecule has 30 heavy (non-hydrogen) atoms. The number of benzene rings is 1. The molecule has 1 unspecified atom stereocenters. The summed E-state index contributed by atoms with van der Waals surface area (Å²) in [7, 11) is 1.52. The number of amides is 1. The molecule has 8 nitrogen and oxygen atoms in total. The molecule has 1 aromatic carbocycles. The largest absolute Gasteiger partial charge is 0.455 e. The zero-order valence-corrected chi connectivity index (χ0v) is 17.8. The van der Waals surface area contributed by atoms with Crippen LogP contribution in [0.25, 0.3) is 0 Å². The van der Waals surface area contributed by atoms with Crippen LogP contribution in [0, 0.1) is 0 Å². The number of hydrogen-bond donors (Lipinski definition) is 0. The van der Waals surface area contributed by atoms with Crippen LogP contribution in [-0.4, -0.2) is 54.8 Å². The first-order valence-electron chi connectivity index (χ1n) is 10.4. The van der Waals surface area contributed by atoms with Crippen molar-refractivity contribution in [2.75, 3.05) is 20.4 Å². The summed E-state index contributed by atoms with van der Waals surface area (Å²) in [6, 6.07) is 4.20. The third kappa shape index (κ3) is 4.86. The van der Waals surface area contributed by atoms with Gasteiger partial charge in [0, 0.05) is 19.0 Å². The first kappa shape index (κ1) is 21.9. The predicted molar refractivity (Wildman–Crippen MR) is 108 cm³/mol. The molecule has 1 atom stereocenters. The lowest BCUT2D eigenvalue weighted by Crippen LogP contribution is -2.46. The molecule has 2 aliphatic rings. The molecule has 3 rings (SSSR count). The highest BCUT2D eigenvalue weighted by atomic mass is 16.7. The first-order chi connectivity index (χ1) is 14.3. The monoisotopic (exact) mass is 419 g/mol. The highest BCUT2D eigenvalue weighted by Crippen LogP contribution is 2.34. The van der Waals surface area contributed by atoms with Crippen LogP contribution < -0.4 is 9.47 Å². The minimum atomic E-state index is -0.771. The van der Waals surface area contributed by atoms with Crippen molar-refractivity contribution in [3.63, 3.8) is 0 Å². The van der Waals surface area contributed by atoms with Crippen molar-refractivity contribution in [1.29, 1.82) is 0 Å². The van der Waals surface area contributed by atoms with Gasteiger partial charge in [-0.15, -0.1) is 0 Å². The third-order valence-electron chi connectivity index (χ3n) is 5.75. The fourth-order valence-corrected chi connectivity index (χ4v) is 3.71. The zero-order chi connectivity index (χ0) is 21.7. The van der Waals surface area contributed by atoms with Crippen LogP contribution in [0.1, 0.15) is 62.7 Å². The van der Waals surface area contributed by atoms with Crippen LogP contribution in [0.15, 0.2) is 18.2 Å². The van der Waals surface area contributed by atoms with Gasteiger partial charge in [0.25, 0.3) is 0 Å². The van der Waals surface area contributed by atoms with E-state index in [1.165, 1.54) is 11.9 Å². The second-order valence-electron chi connectivity index (χ2n) is 7.85. The lowest BCUT2D eigenvalue weighted by Gasteiger charge is -2.36. The molecule has 0 bridgehead atoms. The standard InChI is InChI=1S/C22H29NO7/c1-4-19(24)30-22(10-6-5-7-11-22)13-27-21(26)23(3)15(2)20(25)16-8-9-17-18(12-16)29-14-28-17/h8-9,12,15H,4-7,10-11,13-14H2,1-3H3. The number of ketones is 1. The Morgan fingerprint density at radius 2 is 1.83 bits per heavy atom. The van der Waals surface area contributed by atoms with E-state index in [2.05, 4.69) is 0 Å². The van der Waals surface area contributed by atoms with Gasteiger partial charge in [-0.2, -0.15) is 0 Å². The average Bonchev–Trinajstić information content (AvgIpc) is 3.24. The second kappa shape index (κ2) is 9.36. The maximum Gasteiger partial charge on any atom is 0.410 e. The van der Waals surface area contributed by atoms with Crippen molar-refractivity contribution in [3.8, 4) is 11.5 Å². The Morgan fingerprint density at radius 1 is 1.13 bits per heavy atom. The molecular weight excluding hydrogens is 390 g/mol. The molecule has 1 saturated carbocycles. The molecule has 1 fully saturated rings. The summed E-state index contributed by atoms with van der Waals surface area (Å²) < 4.78 is 21.7. The molecule has 164 valence electrons. The van der Waals surface area contributed by atoms with Gasteiger partial charge in [-0.3, -0.25) is 9.59 Å². The van der Waals surface area contributed by atoms with Gasteiger partial charge in [-0.05, 0) is 50.8 Å². The maximum absolute atomic E-state index is 12.8. The van der Waals surface area contributed by atoms with E-state index in [9.17, 15) is 14.4 Å². The highest BCUT2D eigenvalue weighted by molar-refractivity contribution is 6.01. The van der Waals surface area contributed by atoms with E-state index in [0.717, 1.165) is 19.3 Å². The lowest BCUT2D eigenvalue weighted by atomic mass is 9.85. The Morgan fingerprint density at radius 3 is 2.53 bits per heavy atom. The molecule has 1 aliphatic heterocycles. The minimum Gasteiger partial charge on any atom is -0.455 e. The van der Waals surface area contributed by atoms with Gasteiger partial charge < -0.3 is 23.8 Å². The Balaban J connectivity index is 1.61. The van der Waals surface area contributed by atoms with Gasteiger partial charge in [-0.25, -0.2) is 4.79 Å². The van der Waals surface area contributed by atoms with Crippen LogP contribution in [-0.2, 0) is 14.3 Å². The van der Waals surface area contributed by atoms with Gasteiger partial charge in [0.2, 0.25) is 6.79 Å². The molecular formula is C22H29NO7. The van der Waals surface area contributed by atoms with Crippen molar-refractivity contribution in [3.05, 3.63) is 23.8 Å². The predicted octanol–water partition coefficient (Wildman–Crippen LogP) is 3.71. The normalized spacial score (nSPS) is 17.7. The minimum absolute atomic E-state index is 0.00710. The molecule has 0 N–H and O–H groups in total. The fraction of sp³-hybridized carbons (Fsp3) is 0.591. The first-order valence-corrected chi connectivity index (χ1v) is 10.4. The summed E-state index contributed by atoms with van der Waals surface area (Å²) in [6.07, 6.45) is 3.89. The van der Waals surface area contributed by atoms with E-state index in [0.29, 0.717) is 29.9 Å². The van der Waals surface area contributed by atoms with Crippen molar-refractivity contribution < 1.29 is 33.3 Å². The van der Waals surface area contributed by atoms with Crippen LogP contribution in [0.5, 0.6) is 11.5 Å². The van der Waals surface area contributed by atoms with Crippen LogP contribution >= 0.6 is 0 Å². The summed E-state index contributed by atoms with van der Waals surface area (Å²) in [4.78, 5) is 38.6. The second-order valence-corrected chi connectivity index (χ2v) is 7.85. The number of Topliss-reactive ketones (excluding diaryl/α,β-unsaturated/α-hetero) is 1. The zero-order valence-electron chi connectivity index (χ0n) is 17.8. The smallest absolute Gasteiger partial charge is 0.410 e. The maximum atomic E-state index is 12.8. The molecule has 0 aromatic heterocycles. The number of rotatable bonds is 7. The number of fused-ring (bicyclic) bond motifs is 1. The number of esters is 1. The molecule has 1 heterocycles. The number of ether oxygens (including phenoxy) is 4. The van der Waals surface area contributed by atoms with Crippen LogP contribution in [0.4, 0.5) is 4.79 Å². The van der Waals surface area contributed by atoms with Crippen LogP contribution in [0.2, 0.25) is 0 Å². The van der Waals surface area contributed by atoms with Crippen molar-refractivity contribution >= 4 is 17.8 Å². The van der Waals surface area contributed by atoms with Gasteiger partial charge in [0.1, 0.15) is 12.2 Å². The molecule has 1 amide bonds. The Bertz CT molecular complexity index is 801. The molecule has 1 aliphatic carbocycles. The van der Waals surface area contributed by atoms with E-state index < -0.39 is 17.7 Å². The van der Waals surface area contributed by atoms with Gasteiger partial charge in [0.15, 0.2) is 17.3 Å². The van der Waals surface area contributed by atoms with E-state index in [1.807, 2.05) is 0 Å². The number of likely N-dealkylation sites (N-methyl/N-ethyl adjacent to an activating group) is 1. The quantitative estimate of drug-likeness (QED) is 0.491. The van der Waals surface area contributed by atoms with Crippen molar-refractivity contribution in [1.82, 2.24) is 4.90 Å². The average molecular weight is 419 g/mol. The Hall–Kier alpha value is -2.77. The van der Waals surface area contributed by atoms with Crippen molar-refractivity contribution in [2.45, 2.75) is 64.0 Å². The van der Waals surface area contributed by atoms with E-state index >= 15 is 0 Å². The number of hydrogen-bond acceptors (Lipinski definition) is 7. The van der Waals surface area contributed by atoms with Gasteiger partial charge in [-0.1, -0.05) is 13.3 Å². The summed E-state index contributed by atoms with van der Waals surface area (Å²) >= 11 is 0. The Labute approximate surface area is 176 Å². The van der Waals surface area contributed by atoms with Gasteiger partial charge >= 0.3 is 12.1 Å². The Kier molecular flexibility index (Phi) is 6.84. The summed E-state index contributed by atoms with van der Waals surface area (Å²) in [5.41, 5.74) is -0.348. The SMILES string of the molecule is CCC(=O)OC1(COC(=O)N(C)C(C)C(=O)c2ccc3c(c2)OCO3)CCCCC1. The number of carbonyl (C=O) groups excluding carboxylic acids is 3. The lowest BCUT2D eigenvalue weighted by molar-refractivity contribution is -0.168. The van der Waals surface area contributed by atoms with Crippen molar-refractivity contribution in [2.24, 2.45) is 0 Å². The van der Waals surface area contributed by atoms with Crippen LogP contribution in [0.3, 0.4) is 0 Å². The molecule has 0 spiro atoms. The summed E-state index contributed by atoms with van der Waals surface area (Å²) in [5.74, 6) is 0.562. The summed E-state index contributed by atoms with van der Waals surface area (Å²) in [5, 5.41) is 0. The summed E-state index contributed by atoms with van der Waals surface area (Å²) in [6.45, 7) is 3.50. The van der Waals surface area contributed by atoms with E-state index in [1.54, 1.807) is 32.0 Å². The molecule has 0 saturated heterocycles. The van der Waals surface area contributed by atoms with E-state index in [-0.39, 0.29) is 31.6 Å². The molecule has 0 radical (unpaired) electrons. The third-order valence-corrected chi connectivity index (χ3v) is 5.75. The topological polar surface area (TPSA) is 91.4 Å². The molecule has 1 aromatic rings.